The Balaban J connectivity index is 1.55. The molecule has 0 bridgehead atoms. The van der Waals surface area contributed by atoms with Crippen molar-refractivity contribution in [3.8, 4) is 11.5 Å². The first kappa shape index (κ1) is 33.6. The molecular formula is C32H35ClN4O7. The quantitative estimate of drug-likeness (QED) is 0.133. The number of esters is 1. The minimum Gasteiger partial charge on any atom is -0.493 e. The van der Waals surface area contributed by atoms with Gasteiger partial charge in [-0.1, -0.05) is 25.4 Å². The molecule has 0 saturated carbocycles. The number of nitrogens with zero attached hydrogens (tertiary/aromatic N) is 1. The van der Waals surface area contributed by atoms with Crippen LogP contribution in [0.15, 0.2) is 71.8 Å². The summed E-state index contributed by atoms with van der Waals surface area (Å²) in [6.45, 7) is 5.60. The number of hydrogen-bond donors (Lipinski definition) is 3. The van der Waals surface area contributed by atoms with Crippen molar-refractivity contribution < 1.29 is 33.4 Å². The van der Waals surface area contributed by atoms with Crippen LogP contribution in [0.5, 0.6) is 11.5 Å². The van der Waals surface area contributed by atoms with Gasteiger partial charge in [-0.25, -0.2) is 10.2 Å². The fraction of sp³-hybridized carbons (Fsp3) is 0.281. The van der Waals surface area contributed by atoms with Crippen LogP contribution in [0.25, 0.3) is 0 Å². The minimum atomic E-state index is -0.803. The third-order valence-corrected chi connectivity index (χ3v) is 6.30. The lowest BCUT2D eigenvalue weighted by Gasteiger charge is -2.19. The molecule has 1 atom stereocenters. The van der Waals surface area contributed by atoms with Crippen LogP contribution in [0, 0.1) is 5.92 Å². The lowest BCUT2D eigenvalue weighted by atomic mass is 10.0. The molecule has 0 aromatic heterocycles. The van der Waals surface area contributed by atoms with E-state index in [2.05, 4.69) is 21.2 Å². The van der Waals surface area contributed by atoms with Crippen molar-refractivity contribution in [1.82, 2.24) is 10.7 Å². The van der Waals surface area contributed by atoms with Gasteiger partial charge in [-0.2, -0.15) is 5.10 Å². The van der Waals surface area contributed by atoms with Gasteiger partial charge in [-0.15, -0.1) is 0 Å². The molecule has 1 unspecified atom stereocenters. The Hall–Kier alpha value is -4.90. The third-order valence-electron chi connectivity index (χ3n) is 6.05. The molecule has 3 aromatic rings. The number of carbonyl (C=O) groups is 4. The minimum absolute atomic E-state index is 0.135. The predicted molar refractivity (Wildman–Crippen MR) is 167 cm³/mol. The van der Waals surface area contributed by atoms with Crippen LogP contribution >= 0.6 is 11.6 Å². The van der Waals surface area contributed by atoms with Crippen LogP contribution in [0.3, 0.4) is 0 Å². The number of methoxy groups -OCH3 is 1. The monoisotopic (exact) mass is 622 g/mol. The van der Waals surface area contributed by atoms with Crippen molar-refractivity contribution in [2.24, 2.45) is 11.0 Å². The van der Waals surface area contributed by atoms with Crippen LogP contribution in [0.1, 0.15) is 53.5 Å². The van der Waals surface area contributed by atoms with E-state index in [9.17, 15) is 19.2 Å². The molecule has 12 heteroatoms. The normalized spacial score (nSPS) is 11.5. The van der Waals surface area contributed by atoms with E-state index < -0.39 is 29.7 Å². The zero-order chi connectivity index (χ0) is 32.1. The third kappa shape index (κ3) is 10.4. The molecule has 0 heterocycles. The number of benzene rings is 3. The Morgan fingerprint density at radius 1 is 0.932 bits per heavy atom. The molecule has 0 aliphatic carbocycles. The first-order valence-corrected chi connectivity index (χ1v) is 14.2. The van der Waals surface area contributed by atoms with Gasteiger partial charge in [0.05, 0.1) is 25.5 Å². The van der Waals surface area contributed by atoms with Crippen molar-refractivity contribution in [1.29, 1.82) is 0 Å². The van der Waals surface area contributed by atoms with E-state index in [4.69, 9.17) is 25.8 Å². The van der Waals surface area contributed by atoms with Crippen LogP contribution in [-0.2, 0) is 14.3 Å². The standard InChI is InChI=1S/C32H35ClN4O7/c1-5-43-32(41)23-9-13-25(14-10-23)35-29(38)19-44-27-15-6-21(17-28(27)42-4)18-34-37-31(40)26(16-20(2)3)36-30(39)22-7-11-24(33)12-8-22/h6-15,17-18,20,26H,5,16,19H2,1-4H3,(H,35,38)(H,36,39)(H,37,40)/b34-18+. The SMILES string of the molecule is CCOC(=O)c1ccc(NC(=O)COc2ccc(/C=N/NC(=O)C(CC(C)C)NC(=O)c3ccc(Cl)cc3)cc2OC)cc1. The first-order valence-electron chi connectivity index (χ1n) is 13.9. The molecule has 0 spiro atoms. The summed E-state index contributed by atoms with van der Waals surface area (Å²) in [5.74, 6) is -0.911. The number of hydrogen-bond acceptors (Lipinski definition) is 8. The molecule has 3 amide bonds. The zero-order valence-electron chi connectivity index (χ0n) is 24.9. The van der Waals surface area contributed by atoms with Crippen molar-refractivity contribution in [2.75, 3.05) is 25.6 Å². The highest BCUT2D eigenvalue weighted by Crippen LogP contribution is 2.27. The van der Waals surface area contributed by atoms with Gasteiger partial charge >= 0.3 is 5.97 Å². The number of hydrazone groups is 1. The fourth-order valence-electron chi connectivity index (χ4n) is 3.92. The van der Waals surface area contributed by atoms with Crippen LogP contribution in [0.2, 0.25) is 5.02 Å². The van der Waals surface area contributed by atoms with Crippen molar-refractivity contribution >= 4 is 47.2 Å². The number of rotatable bonds is 14. The number of ether oxygens (including phenoxy) is 3. The van der Waals surface area contributed by atoms with E-state index in [1.165, 1.54) is 13.3 Å². The van der Waals surface area contributed by atoms with Crippen LogP contribution < -0.4 is 25.5 Å². The van der Waals surface area contributed by atoms with E-state index in [-0.39, 0.29) is 19.1 Å². The van der Waals surface area contributed by atoms with Gasteiger partial charge in [-0.3, -0.25) is 14.4 Å². The summed E-state index contributed by atoms with van der Waals surface area (Å²) in [7, 11) is 1.45. The van der Waals surface area contributed by atoms with Gasteiger partial charge in [-0.05, 0) is 91.6 Å². The molecule has 0 saturated heterocycles. The maximum absolute atomic E-state index is 12.9. The topological polar surface area (TPSA) is 144 Å². The van der Waals surface area contributed by atoms with E-state index in [0.29, 0.717) is 45.3 Å². The predicted octanol–water partition coefficient (Wildman–Crippen LogP) is 4.84. The second-order valence-corrected chi connectivity index (χ2v) is 10.4. The molecule has 3 rings (SSSR count). The number of anilines is 1. The van der Waals surface area contributed by atoms with Crippen molar-refractivity contribution in [3.05, 3.63) is 88.4 Å². The van der Waals surface area contributed by atoms with Gasteiger partial charge in [0.2, 0.25) is 0 Å². The lowest BCUT2D eigenvalue weighted by molar-refractivity contribution is -0.123. The summed E-state index contributed by atoms with van der Waals surface area (Å²) in [4.78, 5) is 49.7. The summed E-state index contributed by atoms with van der Waals surface area (Å²) in [6.07, 6.45) is 1.83. The Morgan fingerprint density at radius 3 is 2.25 bits per heavy atom. The molecular weight excluding hydrogens is 588 g/mol. The second kappa shape index (κ2) is 16.7. The Labute approximate surface area is 260 Å². The number of halogens is 1. The Kier molecular flexibility index (Phi) is 12.7. The molecule has 0 aliphatic rings. The molecule has 3 aromatic carbocycles. The molecule has 232 valence electrons. The molecule has 0 fully saturated rings. The fourth-order valence-corrected chi connectivity index (χ4v) is 4.05. The molecule has 11 nitrogen and oxygen atoms in total. The van der Waals surface area contributed by atoms with E-state index in [1.54, 1.807) is 73.7 Å². The number of nitrogens with one attached hydrogen (secondary N) is 3. The highest BCUT2D eigenvalue weighted by molar-refractivity contribution is 6.30. The maximum atomic E-state index is 12.9. The van der Waals surface area contributed by atoms with Crippen LogP contribution in [0.4, 0.5) is 5.69 Å². The van der Waals surface area contributed by atoms with Gasteiger partial charge < -0.3 is 24.8 Å². The van der Waals surface area contributed by atoms with Gasteiger partial charge in [0.15, 0.2) is 18.1 Å². The second-order valence-electron chi connectivity index (χ2n) is 9.94. The van der Waals surface area contributed by atoms with Gasteiger partial charge in [0.25, 0.3) is 17.7 Å². The number of amides is 3. The molecule has 44 heavy (non-hydrogen) atoms. The Morgan fingerprint density at radius 2 is 1.61 bits per heavy atom. The smallest absolute Gasteiger partial charge is 0.338 e. The maximum Gasteiger partial charge on any atom is 0.338 e. The van der Waals surface area contributed by atoms with Gasteiger partial charge in [0.1, 0.15) is 6.04 Å². The summed E-state index contributed by atoms with van der Waals surface area (Å²) < 4.78 is 16.0. The molecule has 3 N–H and O–H groups in total. The average molecular weight is 623 g/mol. The summed E-state index contributed by atoms with van der Waals surface area (Å²) in [6, 6.07) is 16.8. The summed E-state index contributed by atoms with van der Waals surface area (Å²) in [5, 5.41) is 9.98. The van der Waals surface area contributed by atoms with Crippen molar-refractivity contribution in [2.45, 2.75) is 33.2 Å². The van der Waals surface area contributed by atoms with E-state index in [1.807, 2.05) is 13.8 Å². The Bertz CT molecular complexity index is 1470. The average Bonchev–Trinajstić information content (AvgIpc) is 3.00. The molecule has 0 radical (unpaired) electrons. The van der Waals surface area contributed by atoms with Crippen LogP contribution in [-0.4, -0.2) is 56.3 Å². The highest BCUT2D eigenvalue weighted by atomic mass is 35.5. The highest BCUT2D eigenvalue weighted by Gasteiger charge is 2.22. The first-order chi connectivity index (χ1) is 21.1. The summed E-state index contributed by atoms with van der Waals surface area (Å²) >= 11 is 5.90. The van der Waals surface area contributed by atoms with E-state index >= 15 is 0 Å². The van der Waals surface area contributed by atoms with Crippen molar-refractivity contribution in [3.63, 3.8) is 0 Å². The number of carbonyl (C=O) groups excluding carboxylic acids is 4. The lowest BCUT2D eigenvalue weighted by Crippen LogP contribution is -2.46. The van der Waals surface area contributed by atoms with E-state index in [0.717, 1.165) is 0 Å². The van der Waals surface area contributed by atoms with Gasteiger partial charge in [0, 0.05) is 16.3 Å². The zero-order valence-corrected chi connectivity index (χ0v) is 25.6. The molecule has 0 aliphatic heterocycles. The summed E-state index contributed by atoms with van der Waals surface area (Å²) in [5.41, 5.74) is 4.32. The largest absolute Gasteiger partial charge is 0.493 e.